The van der Waals surface area contributed by atoms with E-state index in [2.05, 4.69) is 37.6 Å². The van der Waals surface area contributed by atoms with E-state index in [1.807, 2.05) is 0 Å². The number of nitrogens with zero attached hydrogens (tertiary/aromatic N) is 2. The monoisotopic (exact) mass is 227 g/mol. The number of rotatable bonds is 5. The molecular weight excluding hydrogens is 198 g/mol. The van der Waals surface area contributed by atoms with Gasteiger partial charge in [0.05, 0.1) is 6.17 Å². The molecule has 96 valence electrons. The molecule has 0 spiro atoms. The first-order valence-electron chi connectivity index (χ1n) is 6.77. The second kappa shape index (κ2) is 6.58. The number of hydrogen-bond donors (Lipinski definition) is 1. The van der Waals surface area contributed by atoms with Gasteiger partial charge in [-0.05, 0) is 53.2 Å². The largest absolute Gasteiger partial charge is 0.316 e. The molecule has 1 fully saturated rings. The highest BCUT2D eigenvalue weighted by Gasteiger charge is 2.25. The van der Waals surface area contributed by atoms with Gasteiger partial charge < -0.3 is 10.6 Å². The van der Waals surface area contributed by atoms with E-state index in [0.717, 1.165) is 6.42 Å². The molecule has 1 saturated heterocycles. The average molecular weight is 227 g/mol. The van der Waals surface area contributed by atoms with Crippen molar-refractivity contribution in [1.82, 2.24) is 9.80 Å². The second-order valence-electron chi connectivity index (χ2n) is 5.38. The minimum atomic E-state index is 0.251. The summed E-state index contributed by atoms with van der Waals surface area (Å²) < 4.78 is 0. The third kappa shape index (κ3) is 3.72. The third-order valence-electron chi connectivity index (χ3n) is 3.91. The van der Waals surface area contributed by atoms with E-state index in [1.54, 1.807) is 0 Å². The van der Waals surface area contributed by atoms with Gasteiger partial charge in [-0.25, -0.2) is 0 Å². The van der Waals surface area contributed by atoms with Crippen LogP contribution in [-0.4, -0.2) is 48.2 Å². The van der Waals surface area contributed by atoms with Crippen LogP contribution in [0.1, 0.15) is 46.5 Å². The molecule has 3 nitrogen and oxygen atoms in total. The Morgan fingerprint density at radius 2 is 1.88 bits per heavy atom. The van der Waals surface area contributed by atoms with E-state index in [-0.39, 0.29) is 6.17 Å². The Bertz CT molecular complexity index is 186. The standard InChI is InChI=1S/C13H29N3/c1-5-6-13(14)15(4)12-7-9-16(10-8-12)11(2)3/h11-13H,5-10,14H2,1-4H3. The van der Waals surface area contributed by atoms with Gasteiger partial charge in [-0.2, -0.15) is 0 Å². The summed E-state index contributed by atoms with van der Waals surface area (Å²) in [6, 6.07) is 1.38. The van der Waals surface area contributed by atoms with Crippen LogP contribution in [0.15, 0.2) is 0 Å². The molecule has 0 amide bonds. The number of nitrogens with two attached hydrogens (primary N) is 1. The van der Waals surface area contributed by atoms with Gasteiger partial charge >= 0.3 is 0 Å². The first-order valence-corrected chi connectivity index (χ1v) is 6.77. The van der Waals surface area contributed by atoms with Gasteiger partial charge in [0.25, 0.3) is 0 Å². The zero-order valence-corrected chi connectivity index (χ0v) is 11.4. The number of piperidine rings is 1. The quantitative estimate of drug-likeness (QED) is 0.728. The lowest BCUT2D eigenvalue weighted by atomic mass is 10.0. The molecule has 0 aromatic heterocycles. The molecule has 1 heterocycles. The van der Waals surface area contributed by atoms with Crippen molar-refractivity contribution < 1.29 is 0 Å². The Morgan fingerprint density at radius 1 is 1.31 bits per heavy atom. The maximum absolute atomic E-state index is 6.17. The van der Waals surface area contributed by atoms with Crippen molar-refractivity contribution in [3.05, 3.63) is 0 Å². The van der Waals surface area contributed by atoms with Gasteiger partial charge in [-0.3, -0.25) is 4.90 Å². The van der Waals surface area contributed by atoms with Crippen LogP contribution in [0.25, 0.3) is 0 Å². The van der Waals surface area contributed by atoms with Crippen LogP contribution in [-0.2, 0) is 0 Å². The molecule has 1 aliphatic heterocycles. The molecule has 3 heteroatoms. The van der Waals surface area contributed by atoms with E-state index in [1.165, 1.54) is 32.4 Å². The van der Waals surface area contributed by atoms with Crippen LogP contribution in [0.4, 0.5) is 0 Å². The molecule has 1 aliphatic rings. The average Bonchev–Trinajstić information content (AvgIpc) is 2.28. The maximum Gasteiger partial charge on any atom is 0.0571 e. The van der Waals surface area contributed by atoms with Crippen LogP contribution in [0.2, 0.25) is 0 Å². The van der Waals surface area contributed by atoms with Crippen molar-refractivity contribution in [2.45, 2.75) is 64.7 Å². The van der Waals surface area contributed by atoms with Crippen LogP contribution < -0.4 is 5.73 Å². The normalized spacial score (nSPS) is 21.9. The van der Waals surface area contributed by atoms with Gasteiger partial charge in [0.2, 0.25) is 0 Å². The molecule has 0 bridgehead atoms. The first-order chi connectivity index (χ1) is 7.56. The smallest absolute Gasteiger partial charge is 0.0571 e. The van der Waals surface area contributed by atoms with E-state index in [0.29, 0.717) is 12.1 Å². The van der Waals surface area contributed by atoms with E-state index in [9.17, 15) is 0 Å². The first kappa shape index (κ1) is 13.9. The van der Waals surface area contributed by atoms with E-state index >= 15 is 0 Å². The highest BCUT2D eigenvalue weighted by atomic mass is 15.2. The fourth-order valence-corrected chi connectivity index (χ4v) is 2.58. The Morgan fingerprint density at radius 3 is 2.31 bits per heavy atom. The summed E-state index contributed by atoms with van der Waals surface area (Å²) in [5, 5.41) is 0. The Kier molecular flexibility index (Phi) is 5.73. The predicted molar refractivity (Wildman–Crippen MR) is 70.4 cm³/mol. The third-order valence-corrected chi connectivity index (χ3v) is 3.91. The van der Waals surface area contributed by atoms with Crippen molar-refractivity contribution in [3.8, 4) is 0 Å². The molecule has 0 aromatic rings. The lowest BCUT2D eigenvalue weighted by molar-refractivity contribution is 0.0808. The summed E-state index contributed by atoms with van der Waals surface area (Å²) in [6.07, 6.45) is 5.08. The Balaban J connectivity index is 2.35. The summed E-state index contributed by atoms with van der Waals surface area (Å²) in [6.45, 7) is 9.23. The zero-order chi connectivity index (χ0) is 12.1. The van der Waals surface area contributed by atoms with Crippen molar-refractivity contribution in [2.24, 2.45) is 5.73 Å². The van der Waals surface area contributed by atoms with Gasteiger partial charge in [-0.1, -0.05) is 13.3 Å². The zero-order valence-electron chi connectivity index (χ0n) is 11.4. The van der Waals surface area contributed by atoms with Crippen molar-refractivity contribution in [1.29, 1.82) is 0 Å². The minimum Gasteiger partial charge on any atom is -0.316 e. The summed E-state index contributed by atoms with van der Waals surface area (Å²) in [4.78, 5) is 4.96. The van der Waals surface area contributed by atoms with E-state index in [4.69, 9.17) is 5.73 Å². The molecule has 0 aromatic carbocycles. The highest BCUT2D eigenvalue weighted by molar-refractivity contribution is 4.81. The SMILES string of the molecule is CCCC(N)N(C)C1CCN(C(C)C)CC1. The summed E-state index contributed by atoms with van der Waals surface area (Å²) in [7, 11) is 2.19. The van der Waals surface area contributed by atoms with Gasteiger partial charge in [0.15, 0.2) is 0 Å². The van der Waals surface area contributed by atoms with Crippen LogP contribution >= 0.6 is 0 Å². The Hall–Kier alpha value is -0.120. The Labute approximate surface area is 101 Å². The fourth-order valence-electron chi connectivity index (χ4n) is 2.58. The van der Waals surface area contributed by atoms with Crippen molar-refractivity contribution >= 4 is 0 Å². The fraction of sp³-hybridized carbons (Fsp3) is 1.00. The summed E-state index contributed by atoms with van der Waals surface area (Å²) in [5.41, 5.74) is 6.17. The predicted octanol–water partition coefficient (Wildman–Crippen LogP) is 1.88. The van der Waals surface area contributed by atoms with Gasteiger partial charge in [0.1, 0.15) is 0 Å². The van der Waals surface area contributed by atoms with Crippen LogP contribution in [0.3, 0.4) is 0 Å². The molecule has 2 N–H and O–H groups in total. The molecular formula is C13H29N3. The number of hydrogen-bond acceptors (Lipinski definition) is 3. The lowest BCUT2D eigenvalue weighted by Crippen LogP contribution is -2.51. The minimum absolute atomic E-state index is 0.251. The molecule has 1 unspecified atom stereocenters. The molecule has 1 rings (SSSR count). The lowest BCUT2D eigenvalue weighted by Gasteiger charge is -2.40. The molecule has 1 atom stereocenters. The molecule has 0 saturated carbocycles. The maximum atomic E-state index is 6.17. The topological polar surface area (TPSA) is 32.5 Å². The second-order valence-corrected chi connectivity index (χ2v) is 5.38. The molecule has 0 radical (unpaired) electrons. The van der Waals surface area contributed by atoms with Crippen molar-refractivity contribution in [2.75, 3.05) is 20.1 Å². The molecule has 16 heavy (non-hydrogen) atoms. The van der Waals surface area contributed by atoms with Gasteiger partial charge in [0, 0.05) is 12.1 Å². The summed E-state index contributed by atoms with van der Waals surface area (Å²) in [5.74, 6) is 0. The van der Waals surface area contributed by atoms with Crippen LogP contribution in [0.5, 0.6) is 0 Å². The van der Waals surface area contributed by atoms with Gasteiger partial charge in [-0.15, -0.1) is 0 Å². The van der Waals surface area contributed by atoms with Crippen molar-refractivity contribution in [3.63, 3.8) is 0 Å². The molecule has 0 aliphatic carbocycles. The summed E-state index contributed by atoms with van der Waals surface area (Å²) >= 11 is 0. The number of likely N-dealkylation sites (tertiary alicyclic amines) is 1. The van der Waals surface area contributed by atoms with Crippen LogP contribution in [0, 0.1) is 0 Å². The van der Waals surface area contributed by atoms with E-state index < -0.39 is 0 Å². The highest BCUT2D eigenvalue weighted by Crippen LogP contribution is 2.18.